The van der Waals surface area contributed by atoms with Crippen LogP contribution in [0.15, 0.2) is 53.5 Å². The van der Waals surface area contributed by atoms with Crippen molar-refractivity contribution in [2.75, 3.05) is 33.8 Å². The molecule has 2 aromatic rings. The highest BCUT2D eigenvalue weighted by Gasteiger charge is 2.04. The molecule has 0 aromatic heterocycles. The minimum absolute atomic E-state index is 0. The summed E-state index contributed by atoms with van der Waals surface area (Å²) in [6.45, 7) is 4.30. The van der Waals surface area contributed by atoms with Gasteiger partial charge in [-0.1, -0.05) is 24.3 Å². The molecule has 0 saturated carbocycles. The number of benzene rings is 2. The fourth-order valence-corrected chi connectivity index (χ4v) is 2.77. The Morgan fingerprint density at radius 2 is 1.79 bits per heavy atom. The number of halogens is 1. The van der Waals surface area contributed by atoms with Gasteiger partial charge < -0.3 is 20.7 Å². The molecule has 2 aromatic carbocycles. The van der Waals surface area contributed by atoms with Crippen molar-refractivity contribution >= 4 is 35.8 Å². The molecule has 0 saturated heterocycles. The van der Waals surface area contributed by atoms with Crippen LogP contribution in [0.2, 0.25) is 0 Å². The molecule has 0 radical (unpaired) electrons. The number of carbonyl (C=O) groups excluding carboxylic acids is 1. The van der Waals surface area contributed by atoms with E-state index in [4.69, 9.17) is 4.74 Å². The van der Waals surface area contributed by atoms with E-state index in [9.17, 15) is 4.79 Å². The number of guanidine groups is 1. The van der Waals surface area contributed by atoms with Gasteiger partial charge in [0.05, 0.1) is 7.11 Å². The Balaban J connectivity index is 0.00000420. The van der Waals surface area contributed by atoms with Crippen LogP contribution in [0.1, 0.15) is 28.4 Å². The van der Waals surface area contributed by atoms with Gasteiger partial charge in [-0.15, -0.1) is 24.0 Å². The lowest BCUT2D eigenvalue weighted by Crippen LogP contribution is -2.38. The van der Waals surface area contributed by atoms with Crippen LogP contribution in [0, 0.1) is 0 Å². The molecular weight excluding hydrogens is 479 g/mol. The quantitative estimate of drug-likeness (QED) is 0.276. The van der Waals surface area contributed by atoms with E-state index in [-0.39, 0.29) is 29.9 Å². The van der Waals surface area contributed by atoms with Crippen LogP contribution >= 0.6 is 24.0 Å². The summed E-state index contributed by atoms with van der Waals surface area (Å²) < 4.78 is 5.18. The summed E-state index contributed by atoms with van der Waals surface area (Å²) in [6.07, 6.45) is 1.68. The van der Waals surface area contributed by atoms with Crippen molar-refractivity contribution in [2.45, 2.75) is 19.8 Å². The second kappa shape index (κ2) is 13.8. The monoisotopic (exact) mass is 510 g/mol. The summed E-state index contributed by atoms with van der Waals surface area (Å²) in [5.41, 5.74) is 3.02. The van der Waals surface area contributed by atoms with Gasteiger partial charge in [0, 0.05) is 32.2 Å². The second-order valence-corrected chi connectivity index (χ2v) is 6.32. The molecule has 0 aliphatic carbocycles. The van der Waals surface area contributed by atoms with Crippen LogP contribution in [0.25, 0.3) is 0 Å². The average molecular weight is 510 g/mol. The highest BCUT2D eigenvalue weighted by molar-refractivity contribution is 14.0. The van der Waals surface area contributed by atoms with Gasteiger partial charge in [0.25, 0.3) is 5.91 Å². The van der Waals surface area contributed by atoms with Gasteiger partial charge >= 0.3 is 0 Å². The third kappa shape index (κ3) is 8.72. The van der Waals surface area contributed by atoms with Crippen molar-refractivity contribution in [3.63, 3.8) is 0 Å². The van der Waals surface area contributed by atoms with E-state index >= 15 is 0 Å². The van der Waals surface area contributed by atoms with E-state index in [1.165, 1.54) is 5.56 Å². The standard InChI is InChI=1S/C22H30N4O2.HI/c1-4-24-22(25-14-12-17-8-10-20(28-3)11-9-17)26-15-13-18-6-5-7-19(16-18)21(27)23-2;/h5-11,16H,4,12-15H2,1-3H3,(H,23,27)(H2,24,25,26);1H. The third-order valence-electron chi connectivity index (χ3n) is 4.30. The summed E-state index contributed by atoms with van der Waals surface area (Å²) in [5, 5.41) is 9.27. The number of nitrogens with one attached hydrogen (secondary N) is 3. The van der Waals surface area contributed by atoms with Gasteiger partial charge in [-0.25, -0.2) is 0 Å². The van der Waals surface area contributed by atoms with Crippen molar-refractivity contribution < 1.29 is 9.53 Å². The Hall–Kier alpha value is -2.29. The molecule has 0 spiro atoms. The maximum Gasteiger partial charge on any atom is 0.251 e. The SMILES string of the molecule is CCNC(=NCCc1ccc(OC)cc1)NCCc1cccc(C(=O)NC)c1.I. The van der Waals surface area contributed by atoms with Crippen molar-refractivity contribution in [3.05, 3.63) is 65.2 Å². The fraction of sp³-hybridized carbons (Fsp3) is 0.364. The van der Waals surface area contributed by atoms with Crippen LogP contribution in [0.5, 0.6) is 5.75 Å². The van der Waals surface area contributed by atoms with Crippen LogP contribution in [0.4, 0.5) is 0 Å². The van der Waals surface area contributed by atoms with E-state index in [2.05, 4.69) is 33.1 Å². The Morgan fingerprint density at radius 3 is 2.45 bits per heavy atom. The number of ether oxygens (including phenoxy) is 1. The van der Waals surface area contributed by atoms with Gasteiger partial charge in [-0.05, 0) is 55.2 Å². The molecular formula is C22H31IN4O2. The normalized spacial score (nSPS) is 10.7. The number of aliphatic imine (C=N–C) groups is 1. The van der Waals surface area contributed by atoms with E-state index in [1.54, 1.807) is 14.2 Å². The largest absolute Gasteiger partial charge is 0.497 e. The zero-order chi connectivity index (χ0) is 20.2. The summed E-state index contributed by atoms with van der Waals surface area (Å²) in [7, 11) is 3.31. The number of methoxy groups -OCH3 is 1. The molecule has 0 heterocycles. The average Bonchev–Trinajstić information content (AvgIpc) is 2.74. The molecule has 0 unspecified atom stereocenters. The lowest BCUT2D eigenvalue weighted by atomic mass is 10.1. The summed E-state index contributed by atoms with van der Waals surface area (Å²) in [4.78, 5) is 16.4. The lowest BCUT2D eigenvalue weighted by Gasteiger charge is -2.12. The number of hydrogen-bond donors (Lipinski definition) is 3. The first-order chi connectivity index (χ1) is 13.7. The van der Waals surface area contributed by atoms with Crippen LogP contribution in [-0.4, -0.2) is 45.7 Å². The molecule has 158 valence electrons. The second-order valence-electron chi connectivity index (χ2n) is 6.32. The molecule has 0 aliphatic heterocycles. The molecule has 3 N–H and O–H groups in total. The molecule has 7 heteroatoms. The number of hydrogen-bond acceptors (Lipinski definition) is 3. The Bertz CT molecular complexity index is 779. The van der Waals surface area contributed by atoms with Crippen molar-refractivity contribution in [2.24, 2.45) is 4.99 Å². The van der Waals surface area contributed by atoms with Crippen LogP contribution < -0.4 is 20.7 Å². The number of amides is 1. The van der Waals surface area contributed by atoms with E-state index in [0.717, 1.165) is 43.2 Å². The molecule has 2 rings (SSSR count). The first-order valence-electron chi connectivity index (χ1n) is 9.62. The van der Waals surface area contributed by atoms with Crippen molar-refractivity contribution in [3.8, 4) is 5.75 Å². The first-order valence-corrected chi connectivity index (χ1v) is 9.62. The van der Waals surface area contributed by atoms with E-state index in [0.29, 0.717) is 12.1 Å². The summed E-state index contributed by atoms with van der Waals surface area (Å²) in [6, 6.07) is 15.7. The zero-order valence-electron chi connectivity index (χ0n) is 17.3. The maximum atomic E-state index is 11.7. The lowest BCUT2D eigenvalue weighted by molar-refractivity contribution is 0.0963. The van der Waals surface area contributed by atoms with Gasteiger partial charge in [0.15, 0.2) is 5.96 Å². The number of rotatable bonds is 9. The van der Waals surface area contributed by atoms with Crippen molar-refractivity contribution in [1.82, 2.24) is 16.0 Å². The highest BCUT2D eigenvalue weighted by atomic mass is 127. The summed E-state index contributed by atoms with van der Waals surface area (Å²) >= 11 is 0. The van der Waals surface area contributed by atoms with E-state index < -0.39 is 0 Å². The van der Waals surface area contributed by atoms with Gasteiger partial charge in [-0.2, -0.15) is 0 Å². The van der Waals surface area contributed by atoms with Crippen molar-refractivity contribution in [1.29, 1.82) is 0 Å². The molecule has 0 atom stereocenters. The zero-order valence-corrected chi connectivity index (χ0v) is 19.7. The highest BCUT2D eigenvalue weighted by Crippen LogP contribution is 2.11. The maximum absolute atomic E-state index is 11.7. The van der Waals surface area contributed by atoms with Crippen LogP contribution in [0.3, 0.4) is 0 Å². The first kappa shape index (κ1) is 24.7. The molecule has 1 amide bonds. The minimum atomic E-state index is -0.0664. The Morgan fingerprint density at radius 1 is 1.03 bits per heavy atom. The number of nitrogens with zero attached hydrogens (tertiary/aromatic N) is 1. The number of carbonyl (C=O) groups is 1. The molecule has 6 nitrogen and oxygen atoms in total. The van der Waals surface area contributed by atoms with Gasteiger partial charge in [0.1, 0.15) is 5.75 Å². The molecule has 0 fully saturated rings. The Labute approximate surface area is 190 Å². The summed E-state index contributed by atoms with van der Waals surface area (Å²) in [5.74, 6) is 1.60. The molecule has 29 heavy (non-hydrogen) atoms. The predicted molar refractivity (Wildman–Crippen MR) is 130 cm³/mol. The van der Waals surface area contributed by atoms with Gasteiger partial charge in [0.2, 0.25) is 0 Å². The molecule has 0 bridgehead atoms. The fourth-order valence-electron chi connectivity index (χ4n) is 2.77. The minimum Gasteiger partial charge on any atom is -0.497 e. The van der Waals surface area contributed by atoms with Gasteiger partial charge in [-0.3, -0.25) is 9.79 Å². The smallest absolute Gasteiger partial charge is 0.251 e. The molecule has 0 aliphatic rings. The van der Waals surface area contributed by atoms with E-state index in [1.807, 2.05) is 43.3 Å². The third-order valence-corrected chi connectivity index (χ3v) is 4.30. The van der Waals surface area contributed by atoms with Crippen LogP contribution in [-0.2, 0) is 12.8 Å². The predicted octanol–water partition coefficient (Wildman–Crippen LogP) is 3.01. The Kier molecular flexibility index (Phi) is 11.8. The topological polar surface area (TPSA) is 74.8 Å².